The summed E-state index contributed by atoms with van der Waals surface area (Å²) >= 11 is 0. The highest BCUT2D eigenvalue weighted by molar-refractivity contribution is 7.91. The van der Waals surface area contributed by atoms with Crippen molar-refractivity contribution in [3.63, 3.8) is 0 Å². The minimum atomic E-state index is -2.90. The summed E-state index contributed by atoms with van der Waals surface area (Å²) in [7, 11) is -2.90. The van der Waals surface area contributed by atoms with Gasteiger partial charge in [0.25, 0.3) is 0 Å². The van der Waals surface area contributed by atoms with E-state index in [1.807, 2.05) is 12.1 Å². The number of hydrogen-bond donors (Lipinski definition) is 1. The van der Waals surface area contributed by atoms with E-state index in [0.717, 1.165) is 69.5 Å². The van der Waals surface area contributed by atoms with Gasteiger partial charge in [-0.1, -0.05) is 26.2 Å². The van der Waals surface area contributed by atoms with Gasteiger partial charge in [0.1, 0.15) is 5.75 Å². The van der Waals surface area contributed by atoms with Crippen LogP contribution in [0.5, 0.6) is 5.75 Å². The Hall–Kier alpha value is -1.23. The van der Waals surface area contributed by atoms with Gasteiger partial charge in [-0.3, -0.25) is 0 Å². The standard InChI is InChI=1S/C22H37NO3S/c1-4-5-16-26-22-12-10-21(11-13-22)23-15-14-19-6-8-20(9-7-19)17-27(24,25)18(2)3/h10-13,18-20,23H,4-9,14-17H2,1-3H3. The number of benzene rings is 1. The number of rotatable bonds is 11. The summed E-state index contributed by atoms with van der Waals surface area (Å²) in [4.78, 5) is 0. The number of nitrogens with one attached hydrogen (secondary N) is 1. The lowest BCUT2D eigenvalue weighted by molar-refractivity contribution is 0.282. The molecule has 0 spiro atoms. The van der Waals surface area contributed by atoms with Gasteiger partial charge in [-0.05, 0) is 75.6 Å². The molecule has 1 aromatic rings. The smallest absolute Gasteiger partial charge is 0.152 e. The third-order valence-electron chi connectivity index (χ3n) is 5.66. The molecule has 0 saturated heterocycles. The number of ether oxygens (including phenoxy) is 1. The monoisotopic (exact) mass is 395 g/mol. The van der Waals surface area contributed by atoms with E-state index in [4.69, 9.17) is 4.74 Å². The molecule has 0 aromatic heterocycles. The van der Waals surface area contributed by atoms with Gasteiger partial charge in [-0.2, -0.15) is 0 Å². The summed E-state index contributed by atoms with van der Waals surface area (Å²) in [5, 5.41) is 3.25. The molecule has 0 unspecified atom stereocenters. The number of sulfone groups is 1. The fourth-order valence-electron chi connectivity index (χ4n) is 3.63. The summed E-state index contributed by atoms with van der Waals surface area (Å²) < 4.78 is 29.9. The predicted molar refractivity (Wildman–Crippen MR) is 114 cm³/mol. The van der Waals surface area contributed by atoms with Crippen molar-refractivity contribution >= 4 is 15.5 Å². The molecular weight excluding hydrogens is 358 g/mol. The molecule has 0 bridgehead atoms. The van der Waals surface area contributed by atoms with Crippen molar-refractivity contribution in [3.05, 3.63) is 24.3 Å². The molecule has 1 fully saturated rings. The summed E-state index contributed by atoms with van der Waals surface area (Å²) in [5.74, 6) is 2.39. The van der Waals surface area contributed by atoms with Crippen LogP contribution >= 0.6 is 0 Å². The van der Waals surface area contributed by atoms with Gasteiger partial charge in [-0.15, -0.1) is 0 Å². The lowest BCUT2D eigenvalue weighted by Crippen LogP contribution is -2.27. The first-order valence-electron chi connectivity index (χ1n) is 10.6. The number of hydrogen-bond acceptors (Lipinski definition) is 4. The van der Waals surface area contributed by atoms with Crippen LogP contribution in [-0.4, -0.2) is 32.6 Å². The van der Waals surface area contributed by atoms with Crippen LogP contribution in [0.25, 0.3) is 0 Å². The van der Waals surface area contributed by atoms with Crippen molar-refractivity contribution < 1.29 is 13.2 Å². The molecule has 0 amide bonds. The van der Waals surface area contributed by atoms with Gasteiger partial charge >= 0.3 is 0 Å². The molecular formula is C22H37NO3S. The average molecular weight is 396 g/mol. The zero-order valence-corrected chi connectivity index (χ0v) is 18.1. The van der Waals surface area contributed by atoms with Crippen molar-refractivity contribution in [2.75, 3.05) is 24.2 Å². The van der Waals surface area contributed by atoms with E-state index in [2.05, 4.69) is 24.4 Å². The topological polar surface area (TPSA) is 55.4 Å². The maximum absolute atomic E-state index is 12.1. The Kier molecular flexibility index (Phi) is 8.94. The van der Waals surface area contributed by atoms with E-state index in [1.165, 1.54) is 0 Å². The maximum atomic E-state index is 12.1. The third kappa shape index (κ3) is 7.73. The Morgan fingerprint density at radius 1 is 1.07 bits per heavy atom. The van der Waals surface area contributed by atoms with Crippen LogP contribution in [0, 0.1) is 11.8 Å². The summed E-state index contributed by atoms with van der Waals surface area (Å²) in [5.41, 5.74) is 1.13. The van der Waals surface area contributed by atoms with Crippen molar-refractivity contribution in [2.24, 2.45) is 11.8 Å². The van der Waals surface area contributed by atoms with Crippen molar-refractivity contribution in [1.29, 1.82) is 0 Å². The van der Waals surface area contributed by atoms with Gasteiger partial charge in [0.15, 0.2) is 9.84 Å². The molecule has 1 N–H and O–H groups in total. The van der Waals surface area contributed by atoms with Crippen molar-refractivity contribution in [3.8, 4) is 5.75 Å². The second-order valence-electron chi connectivity index (χ2n) is 8.21. The molecule has 154 valence electrons. The molecule has 2 rings (SSSR count). The van der Waals surface area contributed by atoms with Gasteiger partial charge in [0.05, 0.1) is 17.6 Å². The Labute approximate surface area is 166 Å². The minimum absolute atomic E-state index is 0.247. The van der Waals surface area contributed by atoms with Crippen LogP contribution in [0.3, 0.4) is 0 Å². The van der Waals surface area contributed by atoms with E-state index >= 15 is 0 Å². The molecule has 0 atom stereocenters. The molecule has 1 aliphatic rings. The second kappa shape index (κ2) is 10.9. The van der Waals surface area contributed by atoms with E-state index in [0.29, 0.717) is 17.6 Å². The van der Waals surface area contributed by atoms with Crippen molar-refractivity contribution in [2.45, 2.75) is 71.0 Å². The largest absolute Gasteiger partial charge is 0.494 e. The molecule has 4 nitrogen and oxygen atoms in total. The van der Waals surface area contributed by atoms with E-state index in [9.17, 15) is 8.42 Å². The highest BCUT2D eigenvalue weighted by atomic mass is 32.2. The molecule has 1 aromatic carbocycles. The maximum Gasteiger partial charge on any atom is 0.152 e. The molecule has 5 heteroatoms. The van der Waals surface area contributed by atoms with Crippen LogP contribution in [0.4, 0.5) is 5.69 Å². The SMILES string of the molecule is CCCCOc1ccc(NCCC2CCC(CS(=O)(=O)C(C)C)CC2)cc1. The summed E-state index contributed by atoms with van der Waals surface area (Å²) in [6, 6.07) is 8.21. The Morgan fingerprint density at radius 3 is 2.30 bits per heavy atom. The molecule has 1 saturated carbocycles. The predicted octanol–water partition coefficient (Wildman–Crippen LogP) is 5.30. The minimum Gasteiger partial charge on any atom is -0.494 e. The molecule has 27 heavy (non-hydrogen) atoms. The van der Waals surface area contributed by atoms with Gasteiger partial charge in [-0.25, -0.2) is 8.42 Å². The molecule has 1 aliphatic carbocycles. The number of unbranched alkanes of at least 4 members (excludes halogenated alkanes) is 1. The fraction of sp³-hybridized carbons (Fsp3) is 0.727. The van der Waals surface area contributed by atoms with Gasteiger partial charge in [0, 0.05) is 12.2 Å². The molecule has 0 radical (unpaired) electrons. The Morgan fingerprint density at radius 2 is 1.70 bits per heavy atom. The lowest BCUT2D eigenvalue weighted by atomic mass is 9.81. The lowest BCUT2D eigenvalue weighted by Gasteiger charge is -2.29. The first-order chi connectivity index (χ1) is 12.9. The Bertz CT molecular complexity index is 632. The summed E-state index contributed by atoms with van der Waals surface area (Å²) in [6.45, 7) is 7.49. The van der Waals surface area contributed by atoms with Crippen LogP contribution < -0.4 is 10.1 Å². The zero-order valence-electron chi connectivity index (χ0n) is 17.2. The highest BCUT2D eigenvalue weighted by Crippen LogP contribution is 2.32. The van der Waals surface area contributed by atoms with Crippen LogP contribution in [0.2, 0.25) is 0 Å². The van der Waals surface area contributed by atoms with E-state index < -0.39 is 9.84 Å². The van der Waals surface area contributed by atoms with E-state index in [-0.39, 0.29) is 5.25 Å². The molecule has 0 aliphatic heterocycles. The zero-order chi connectivity index (χ0) is 19.7. The second-order valence-corrected chi connectivity index (χ2v) is 10.8. The van der Waals surface area contributed by atoms with Crippen LogP contribution in [0.1, 0.15) is 65.7 Å². The third-order valence-corrected chi connectivity index (χ3v) is 8.03. The first kappa shape index (κ1) is 22.1. The highest BCUT2D eigenvalue weighted by Gasteiger charge is 2.26. The average Bonchev–Trinajstić information content (AvgIpc) is 2.64. The van der Waals surface area contributed by atoms with Gasteiger partial charge < -0.3 is 10.1 Å². The van der Waals surface area contributed by atoms with Crippen LogP contribution in [0.15, 0.2) is 24.3 Å². The number of anilines is 1. The first-order valence-corrected chi connectivity index (χ1v) is 12.3. The summed E-state index contributed by atoms with van der Waals surface area (Å²) in [6.07, 6.45) is 7.81. The van der Waals surface area contributed by atoms with Crippen LogP contribution in [-0.2, 0) is 9.84 Å². The Balaban J connectivity index is 1.64. The quantitative estimate of drug-likeness (QED) is 0.517. The molecule has 0 heterocycles. The van der Waals surface area contributed by atoms with Gasteiger partial charge in [0.2, 0.25) is 0 Å². The normalized spacial score (nSPS) is 20.6. The fourth-order valence-corrected chi connectivity index (χ4v) is 5.01. The van der Waals surface area contributed by atoms with Crippen molar-refractivity contribution in [1.82, 2.24) is 0 Å². The van der Waals surface area contributed by atoms with E-state index in [1.54, 1.807) is 13.8 Å².